The normalized spacial score (nSPS) is 27.2. The number of fused-ring (bicyclic) bond motifs is 1. The van der Waals surface area contributed by atoms with Gasteiger partial charge in [-0.3, -0.25) is 14.5 Å². The smallest absolute Gasteiger partial charge is 0.233 e. The number of carbonyl (C=O) groups excluding carboxylic acids is 2. The molecule has 1 heterocycles. The third kappa shape index (κ3) is 3.40. The van der Waals surface area contributed by atoms with Crippen molar-refractivity contribution in [2.24, 2.45) is 11.8 Å². The Morgan fingerprint density at radius 2 is 1.85 bits per heavy atom. The predicted octanol–water partition coefficient (Wildman–Crippen LogP) is 2.33. The molecule has 20 heavy (non-hydrogen) atoms. The van der Waals surface area contributed by atoms with Crippen LogP contribution in [0.5, 0.6) is 0 Å². The number of carbonyl (C=O) groups is 2. The van der Waals surface area contributed by atoms with Gasteiger partial charge in [0.15, 0.2) is 0 Å². The monoisotopic (exact) mass is 280 g/mol. The summed E-state index contributed by atoms with van der Waals surface area (Å²) >= 11 is 0. The third-order valence-corrected chi connectivity index (χ3v) is 4.69. The molecule has 2 fully saturated rings. The van der Waals surface area contributed by atoms with E-state index in [1.807, 2.05) is 0 Å². The van der Waals surface area contributed by atoms with Gasteiger partial charge in [0.05, 0.1) is 11.8 Å². The molecule has 0 aromatic carbocycles. The van der Waals surface area contributed by atoms with Crippen LogP contribution in [0.25, 0.3) is 0 Å². The highest BCUT2D eigenvalue weighted by atomic mass is 16.2. The summed E-state index contributed by atoms with van der Waals surface area (Å²) in [5, 5.41) is 3.46. The van der Waals surface area contributed by atoms with Crippen LogP contribution in [0, 0.1) is 11.8 Å². The van der Waals surface area contributed by atoms with Gasteiger partial charge in [-0.1, -0.05) is 19.8 Å². The Bertz CT molecular complexity index is 334. The predicted molar refractivity (Wildman–Crippen MR) is 79.2 cm³/mol. The molecular weight excluding hydrogens is 252 g/mol. The molecule has 2 rings (SSSR count). The highest BCUT2D eigenvalue weighted by Crippen LogP contribution is 2.39. The number of hydrogen-bond donors (Lipinski definition) is 1. The van der Waals surface area contributed by atoms with E-state index in [-0.39, 0.29) is 23.7 Å². The number of unbranched alkanes of at least 4 members (excludes halogenated alkanes) is 1. The SMILES string of the molecule is CCCNC(C)CCCCN1C(=O)C2CCCC2C1=O. The molecule has 4 heteroatoms. The molecule has 4 nitrogen and oxygen atoms in total. The molecule has 0 bridgehead atoms. The number of rotatable bonds is 8. The molecular formula is C16H28N2O2. The summed E-state index contributed by atoms with van der Waals surface area (Å²) in [6, 6.07) is 0.527. The molecule has 1 saturated heterocycles. The Balaban J connectivity index is 1.67. The Morgan fingerprint density at radius 3 is 2.45 bits per heavy atom. The van der Waals surface area contributed by atoms with Crippen LogP contribution in [0.3, 0.4) is 0 Å². The van der Waals surface area contributed by atoms with Crippen molar-refractivity contribution < 1.29 is 9.59 Å². The number of nitrogens with zero attached hydrogens (tertiary/aromatic N) is 1. The zero-order valence-corrected chi connectivity index (χ0v) is 12.9. The first-order valence-electron chi connectivity index (χ1n) is 8.23. The van der Waals surface area contributed by atoms with Gasteiger partial charge < -0.3 is 5.32 Å². The van der Waals surface area contributed by atoms with Crippen molar-refractivity contribution in [3.8, 4) is 0 Å². The molecule has 1 N–H and O–H groups in total. The second-order valence-electron chi connectivity index (χ2n) is 6.32. The van der Waals surface area contributed by atoms with E-state index in [4.69, 9.17) is 0 Å². The van der Waals surface area contributed by atoms with E-state index in [2.05, 4.69) is 19.2 Å². The molecule has 1 aliphatic heterocycles. The Labute approximate surface area is 122 Å². The van der Waals surface area contributed by atoms with Crippen LogP contribution in [0.1, 0.15) is 58.8 Å². The Kier molecular flexibility index (Phi) is 5.58. The van der Waals surface area contributed by atoms with E-state index >= 15 is 0 Å². The van der Waals surface area contributed by atoms with Gasteiger partial charge in [-0.15, -0.1) is 0 Å². The van der Waals surface area contributed by atoms with Crippen molar-refractivity contribution in [2.45, 2.75) is 64.8 Å². The maximum absolute atomic E-state index is 12.2. The zero-order valence-electron chi connectivity index (χ0n) is 12.9. The second-order valence-corrected chi connectivity index (χ2v) is 6.32. The van der Waals surface area contributed by atoms with Gasteiger partial charge in [0.1, 0.15) is 0 Å². The fraction of sp³-hybridized carbons (Fsp3) is 0.875. The highest BCUT2D eigenvalue weighted by molar-refractivity contribution is 6.05. The van der Waals surface area contributed by atoms with Crippen molar-refractivity contribution in [3.05, 3.63) is 0 Å². The summed E-state index contributed by atoms with van der Waals surface area (Å²) < 4.78 is 0. The molecule has 0 aromatic heterocycles. The molecule has 2 amide bonds. The van der Waals surface area contributed by atoms with Gasteiger partial charge in [-0.25, -0.2) is 0 Å². The Hall–Kier alpha value is -0.900. The first kappa shape index (κ1) is 15.5. The highest BCUT2D eigenvalue weighted by Gasteiger charge is 2.49. The fourth-order valence-electron chi connectivity index (χ4n) is 3.49. The summed E-state index contributed by atoms with van der Waals surface area (Å²) in [5.74, 6) is 0.254. The first-order valence-corrected chi connectivity index (χ1v) is 8.23. The van der Waals surface area contributed by atoms with Gasteiger partial charge in [0, 0.05) is 12.6 Å². The molecule has 0 radical (unpaired) electrons. The molecule has 1 aliphatic carbocycles. The summed E-state index contributed by atoms with van der Waals surface area (Å²) in [5.41, 5.74) is 0. The molecule has 2 aliphatic rings. The average Bonchev–Trinajstić information content (AvgIpc) is 3.00. The van der Waals surface area contributed by atoms with E-state index < -0.39 is 0 Å². The van der Waals surface area contributed by atoms with Gasteiger partial charge in [-0.2, -0.15) is 0 Å². The number of hydrogen-bond acceptors (Lipinski definition) is 3. The summed E-state index contributed by atoms with van der Waals surface area (Å²) in [6.45, 7) is 6.06. The lowest BCUT2D eigenvalue weighted by Gasteiger charge is -2.17. The van der Waals surface area contributed by atoms with Gasteiger partial charge in [0.25, 0.3) is 0 Å². The molecule has 3 unspecified atom stereocenters. The van der Waals surface area contributed by atoms with Gasteiger partial charge in [0.2, 0.25) is 11.8 Å². The standard InChI is InChI=1S/C16H28N2O2/c1-3-10-17-12(2)7-4-5-11-18-15(19)13-8-6-9-14(13)16(18)20/h12-14,17H,3-11H2,1-2H3. The van der Waals surface area contributed by atoms with Crippen LogP contribution in [-0.2, 0) is 9.59 Å². The molecule has 1 saturated carbocycles. The van der Waals surface area contributed by atoms with Gasteiger partial charge >= 0.3 is 0 Å². The second kappa shape index (κ2) is 7.21. The van der Waals surface area contributed by atoms with Crippen LogP contribution < -0.4 is 5.32 Å². The number of amides is 2. The molecule has 114 valence electrons. The van der Waals surface area contributed by atoms with E-state index in [1.165, 1.54) is 0 Å². The largest absolute Gasteiger partial charge is 0.314 e. The average molecular weight is 280 g/mol. The van der Waals surface area contributed by atoms with Crippen molar-refractivity contribution in [2.75, 3.05) is 13.1 Å². The quantitative estimate of drug-likeness (QED) is 0.548. The summed E-state index contributed by atoms with van der Waals surface area (Å²) in [7, 11) is 0. The number of likely N-dealkylation sites (tertiary alicyclic amines) is 1. The molecule has 0 aromatic rings. The topological polar surface area (TPSA) is 49.4 Å². The van der Waals surface area contributed by atoms with Gasteiger partial charge in [-0.05, 0) is 45.6 Å². The maximum atomic E-state index is 12.2. The van der Waals surface area contributed by atoms with Crippen LogP contribution in [0.15, 0.2) is 0 Å². The number of nitrogens with one attached hydrogen (secondary N) is 1. The van der Waals surface area contributed by atoms with Crippen LogP contribution in [0.2, 0.25) is 0 Å². The van der Waals surface area contributed by atoms with Crippen LogP contribution in [0.4, 0.5) is 0 Å². The fourth-order valence-corrected chi connectivity index (χ4v) is 3.49. The van der Waals surface area contributed by atoms with Crippen molar-refractivity contribution in [1.29, 1.82) is 0 Å². The van der Waals surface area contributed by atoms with E-state index in [9.17, 15) is 9.59 Å². The maximum Gasteiger partial charge on any atom is 0.233 e. The number of imide groups is 1. The van der Waals surface area contributed by atoms with E-state index in [0.717, 1.165) is 51.5 Å². The minimum atomic E-state index is 0.0210. The van der Waals surface area contributed by atoms with Crippen LogP contribution >= 0.6 is 0 Å². The summed E-state index contributed by atoms with van der Waals surface area (Å²) in [6.07, 6.45) is 7.17. The Morgan fingerprint density at radius 1 is 1.20 bits per heavy atom. The first-order chi connectivity index (χ1) is 9.65. The minimum absolute atomic E-state index is 0.0210. The molecule has 0 spiro atoms. The van der Waals surface area contributed by atoms with Crippen molar-refractivity contribution in [1.82, 2.24) is 10.2 Å². The zero-order chi connectivity index (χ0) is 14.5. The van der Waals surface area contributed by atoms with E-state index in [1.54, 1.807) is 4.90 Å². The summed E-state index contributed by atoms with van der Waals surface area (Å²) in [4.78, 5) is 25.9. The lowest BCUT2D eigenvalue weighted by Crippen LogP contribution is -2.33. The lowest BCUT2D eigenvalue weighted by atomic mass is 10.00. The third-order valence-electron chi connectivity index (χ3n) is 4.69. The van der Waals surface area contributed by atoms with E-state index in [0.29, 0.717) is 12.6 Å². The minimum Gasteiger partial charge on any atom is -0.314 e. The van der Waals surface area contributed by atoms with Crippen LogP contribution in [-0.4, -0.2) is 35.8 Å². The molecule has 3 atom stereocenters. The lowest BCUT2D eigenvalue weighted by molar-refractivity contribution is -0.140. The van der Waals surface area contributed by atoms with Crippen molar-refractivity contribution in [3.63, 3.8) is 0 Å². The van der Waals surface area contributed by atoms with Crippen molar-refractivity contribution >= 4 is 11.8 Å².